The second kappa shape index (κ2) is 9.87. The van der Waals surface area contributed by atoms with Gasteiger partial charge in [-0.1, -0.05) is 59.8 Å². The summed E-state index contributed by atoms with van der Waals surface area (Å²) >= 11 is 5.90. The average molecular weight is 350 g/mol. The van der Waals surface area contributed by atoms with Crippen LogP contribution in [0.3, 0.4) is 0 Å². The van der Waals surface area contributed by atoms with Gasteiger partial charge in [-0.25, -0.2) is 4.99 Å². The second-order valence-corrected chi connectivity index (χ2v) is 6.22. The van der Waals surface area contributed by atoms with E-state index in [2.05, 4.69) is 25.6 Å². The first-order valence-corrected chi connectivity index (χ1v) is 8.55. The lowest BCUT2D eigenvalue weighted by Gasteiger charge is -2.17. The van der Waals surface area contributed by atoms with E-state index in [0.29, 0.717) is 23.6 Å². The van der Waals surface area contributed by atoms with E-state index >= 15 is 0 Å². The van der Waals surface area contributed by atoms with Crippen molar-refractivity contribution < 1.29 is 0 Å². The highest BCUT2D eigenvalue weighted by Gasteiger charge is 2.13. The van der Waals surface area contributed by atoms with Gasteiger partial charge in [-0.2, -0.15) is 4.99 Å². The monoisotopic (exact) mass is 349 g/mol. The summed E-state index contributed by atoms with van der Waals surface area (Å²) < 4.78 is 0. The quantitative estimate of drug-likeness (QED) is 0.194. The van der Waals surface area contributed by atoms with Crippen LogP contribution in [0.15, 0.2) is 44.6 Å². The summed E-state index contributed by atoms with van der Waals surface area (Å²) in [7, 11) is 0. The Kier molecular flexibility index (Phi) is 7.48. The molecular formula is C16H24ClN7. The molecule has 0 amide bonds. The van der Waals surface area contributed by atoms with Gasteiger partial charge in [-0.05, 0) is 30.5 Å². The van der Waals surface area contributed by atoms with Gasteiger partial charge in [0.05, 0.1) is 6.54 Å². The largest absolute Gasteiger partial charge is 0.366 e. The zero-order chi connectivity index (χ0) is 17.2. The Morgan fingerprint density at radius 2 is 1.79 bits per heavy atom. The van der Waals surface area contributed by atoms with Crippen LogP contribution < -0.4 is 16.9 Å². The minimum Gasteiger partial charge on any atom is -0.366 e. The van der Waals surface area contributed by atoms with Gasteiger partial charge in [0.25, 0.3) is 0 Å². The summed E-state index contributed by atoms with van der Waals surface area (Å²) in [6.45, 7) is 0.475. The standard InChI is InChI=1S/C16H24ClN7/c17-13-9-7-12(8-10-13)11-20-16(22-15(18)23-24-19)21-14-5-3-1-2-4-6-14/h7-10,14H,1-6,11H2,(H5,18,19,20,21,22,23). The number of hydrogen-bond acceptors (Lipinski definition) is 2. The molecule has 24 heavy (non-hydrogen) atoms. The van der Waals surface area contributed by atoms with E-state index in [9.17, 15) is 0 Å². The van der Waals surface area contributed by atoms with Crippen LogP contribution >= 0.6 is 11.6 Å². The van der Waals surface area contributed by atoms with Gasteiger partial charge in [-0.3, -0.25) is 0 Å². The Labute approximate surface area is 147 Å². The van der Waals surface area contributed by atoms with E-state index in [-0.39, 0.29) is 5.96 Å². The number of benzene rings is 1. The van der Waals surface area contributed by atoms with Crippen LogP contribution in [0, 0.1) is 0 Å². The van der Waals surface area contributed by atoms with Gasteiger partial charge in [0, 0.05) is 11.1 Å². The smallest absolute Gasteiger partial charge is 0.245 e. The number of nitrogens with zero attached hydrogens (tertiary/aromatic N) is 4. The molecule has 0 atom stereocenters. The maximum atomic E-state index is 5.90. The van der Waals surface area contributed by atoms with Gasteiger partial charge in [-0.15, -0.1) is 0 Å². The van der Waals surface area contributed by atoms with Gasteiger partial charge in [0.2, 0.25) is 11.9 Å². The van der Waals surface area contributed by atoms with Gasteiger partial charge in [0.1, 0.15) is 0 Å². The van der Waals surface area contributed by atoms with Crippen LogP contribution in [0.4, 0.5) is 0 Å². The van der Waals surface area contributed by atoms with E-state index in [4.69, 9.17) is 23.2 Å². The molecule has 0 spiro atoms. The number of rotatable bonds is 3. The van der Waals surface area contributed by atoms with Crippen molar-refractivity contribution >= 4 is 23.5 Å². The van der Waals surface area contributed by atoms with Gasteiger partial charge < -0.3 is 16.9 Å². The van der Waals surface area contributed by atoms with E-state index in [0.717, 1.165) is 18.4 Å². The van der Waals surface area contributed by atoms with Crippen LogP contribution in [0.1, 0.15) is 44.1 Å². The molecule has 1 aromatic rings. The van der Waals surface area contributed by atoms with Crippen LogP contribution in [0.5, 0.6) is 0 Å². The average Bonchev–Trinajstić information content (AvgIpc) is 2.83. The topological polar surface area (TPSA) is 114 Å². The van der Waals surface area contributed by atoms with Crippen LogP contribution in [-0.4, -0.2) is 18.0 Å². The van der Waals surface area contributed by atoms with Crippen LogP contribution in [0.25, 0.3) is 0 Å². The molecule has 0 saturated heterocycles. The number of aliphatic imine (C=N–C) groups is 2. The predicted octanol–water partition coefficient (Wildman–Crippen LogP) is 3.15. The first kappa shape index (κ1) is 18.2. The summed E-state index contributed by atoms with van der Waals surface area (Å²) in [6.07, 6.45) is 7.19. The Morgan fingerprint density at radius 3 is 2.42 bits per heavy atom. The summed E-state index contributed by atoms with van der Waals surface area (Å²) in [5.41, 5.74) is 6.72. The third kappa shape index (κ3) is 6.54. The molecule has 130 valence electrons. The SMILES string of the molecule is NN=NC(N)=NC(=NCc1ccc(Cl)cc1)NC1CCCCCC1. The molecule has 0 radical (unpaired) electrons. The van der Waals surface area contributed by atoms with Crippen molar-refractivity contribution in [2.45, 2.75) is 51.1 Å². The molecule has 2 rings (SSSR count). The molecule has 0 aromatic heterocycles. The van der Waals surface area contributed by atoms with Crippen molar-refractivity contribution in [1.29, 1.82) is 0 Å². The molecule has 5 N–H and O–H groups in total. The molecule has 1 aliphatic carbocycles. The Bertz CT molecular complexity index is 587. The zero-order valence-corrected chi connectivity index (χ0v) is 14.4. The summed E-state index contributed by atoms with van der Waals surface area (Å²) in [4.78, 5) is 8.71. The van der Waals surface area contributed by atoms with Crippen molar-refractivity contribution in [3.8, 4) is 0 Å². The molecule has 1 saturated carbocycles. The minimum absolute atomic E-state index is 0.0199. The van der Waals surface area contributed by atoms with E-state index < -0.39 is 0 Å². The number of hydrogen-bond donors (Lipinski definition) is 3. The molecule has 0 aliphatic heterocycles. The molecule has 0 bridgehead atoms. The molecule has 7 nitrogen and oxygen atoms in total. The lowest BCUT2D eigenvalue weighted by Crippen LogP contribution is -2.34. The van der Waals surface area contributed by atoms with E-state index in [1.807, 2.05) is 24.3 Å². The fourth-order valence-corrected chi connectivity index (χ4v) is 2.79. The first-order valence-electron chi connectivity index (χ1n) is 8.18. The van der Waals surface area contributed by atoms with Gasteiger partial charge in [0.15, 0.2) is 0 Å². The molecule has 8 heteroatoms. The fourth-order valence-electron chi connectivity index (χ4n) is 2.67. The Hall–Kier alpha value is -2.15. The molecule has 1 aromatic carbocycles. The van der Waals surface area contributed by atoms with Gasteiger partial charge >= 0.3 is 0 Å². The zero-order valence-electron chi connectivity index (χ0n) is 13.7. The summed E-state index contributed by atoms with van der Waals surface area (Å²) in [6, 6.07) is 7.89. The number of guanidine groups is 2. The van der Waals surface area contributed by atoms with Crippen LogP contribution in [0.2, 0.25) is 5.02 Å². The molecule has 0 unspecified atom stereocenters. The van der Waals surface area contributed by atoms with E-state index in [1.165, 1.54) is 25.7 Å². The van der Waals surface area contributed by atoms with E-state index in [1.54, 1.807) is 0 Å². The third-order valence-corrected chi connectivity index (χ3v) is 4.15. The number of nitrogens with two attached hydrogens (primary N) is 2. The highest BCUT2D eigenvalue weighted by molar-refractivity contribution is 6.30. The first-order chi connectivity index (χ1) is 11.7. The Morgan fingerprint density at radius 1 is 1.12 bits per heavy atom. The van der Waals surface area contributed by atoms with Crippen molar-refractivity contribution in [2.75, 3.05) is 0 Å². The third-order valence-electron chi connectivity index (χ3n) is 3.89. The molecule has 0 heterocycles. The van der Waals surface area contributed by atoms with Crippen molar-refractivity contribution in [2.24, 2.45) is 31.9 Å². The van der Waals surface area contributed by atoms with Crippen LogP contribution in [-0.2, 0) is 6.54 Å². The number of halogens is 1. The predicted molar refractivity (Wildman–Crippen MR) is 97.9 cm³/mol. The fraction of sp³-hybridized carbons (Fsp3) is 0.500. The summed E-state index contributed by atoms with van der Waals surface area (Å²) in [5, 5.41) is 10.8. The highest BCUT2D eigenvalue weighted by Crippen LogP contribution is 2.17. The number of nitrogens with one attached hydrogen (secondary N) is 1. The molecular weight excluding hydrogens is 326 g/mol. The Balaban J connectivity index is 2.09. The molecule has 1 aliphatic rings. The van der Waals surface area contributed by atoms with Crippen molar-refractivity contribution in [3.63, 3.8) is 0 Å². The normalized spacial score (nSPS) is 17.9. The molecule has 1 fully saturated rings. The second-order valence-electron chi connectivity index (χ2n) is 5.78. The summed E-state index contributed by atoms with van der Waals surface area (Å²) in [5.74, 6) is 5.45. The minimum atomic E-state index is -0.0199. The van der Waals surface area contributed by atoms with Crippen molar-refractivity contribution in [1.82, 2.24) is 5.32 Å². The highest BCUT2D eigenvalue weighted by atomic mass is 35.5. The maximum Gasteiger partial charge on any atom is 0.245 e. The maximum absolute atomic E-state index is 5.90. The lowest BCUT2D eigenvalue weighted by molar-refractivity contribution is 0.530. The lowest BCUT2D eigenvalue weighted by atomic mass is 10.1. The van der Waals surface area contributed by atoms with Crippen molar-refractivity contribution in [3.05, 3.63) is 34.9 Å².